The summed E-state index contributed by atoms with van der Waals surface area (Å²) in [5, 5.41) is 3.01. The first-order valence-electron chi connectivity index (χ1n) is 6.14. The lowest BCUT2D eigenvalue weighted by Crippen LogP contribution is -2.50. The quantitative estimate of drug-likeness (QED) is 0.703. The molecule has 16 heavy (non-hydrogen) atoms. The summed E-state index contributed by atoms with van der Waals surface area (Å²) in [5.74, 6) is 0.105. The second-order valence-electron chi connectivity index (χ2n) is 5.45. The van der Waals surface area contributed by atoms with Gasteiger partial charge in [0.2, 0.25) is 5.91 Å². The summed E-state index contributed by atoms with van der Waals surface area (Å²) in [7, 11) is 4.08. The fourth-order valence-corrected chi connectivity index (χ4v) is 1.98. The van der Waals surface area contributed by atoms with E-state index >= 15 is 0 Å². The van der Waals surface area contributed by atoms with Crippen molar-refractivity contribution in [2.45, 2.75) is 50.6 Å². The lowest BCUT2D eigenvalue weighted by molar-refractivity contribution is -0.123. The van der Waals surface area contributed by atoms with Crippen molar-refractivity contribution in [3.63, 3.8) is 0 Å². The van der Waals surface area contributed by atoms with Crippen LogP contribution in [0.4, 0.5) is 0 Å². The van der Waals surface area contributed by atoms with Crippen molar-refractivity contribution in [1.29, 1.82) is 0 Å². The summed E-state index contributed by atoms with van der Waals surface area (Å²) < 4.78 is 0. The highest BCUT2D eigenvalue weighted by Gasteiger charge is 2.34. The Hall–Kier alpha value is -0.610. The van der Waals surface area contributed by atoms with Crippen LogP contribution in [0.1, 0.15) is 39.0 Å². The third-order valence-corrected chi connectivity index (χ3v) is 3.28. The third-order valence-electron chi connectivity index (χ3n) is 3.28. The monoisotopic (exact) mass is 227 g/mol. The number of nitrogens with one attached hydrogen (secondary N) is 1. The predicted octanol–water partition coefficient (Wildman–Crippen LogP) is 0.714. The van der Waals surface area contributed by atoms with Gasteiger partial charge in [-0.05, 0) is 53.2 Å². The molecule has 94 valence electrons. The minimum Gasteiger partial charge on any atom is -0.354 e. The van der Waals surface area contributed by atoms with Gasteiger partial charge in [0.25, 0.3) is 0 Å². The van der Waals surface area contributed by atoms with E-state index in [2.05, 4.69) is 10.2 Å². The summed E-state index contributed by atoms with van der Waals surface area (Å²) in [6.45, 7) is 3.04. The topological polar surface area (TPSA) is 58.4 Å². The van der Waals surface area contributed by atoms with Crippen LogP contribution in [0.5, 0.6) is 0 Å². The third kappa shape index (κ3) is 4.49. The minimum atomic E-state index is -0.203. The van der Waals surface area contributed by atoms with Gasteiger partial charge in [0, 0.05) is 18.0 Å². The first-order chi connectivity index (χ1) is 7.41. The zero-order chi connectivity index (χ0) is 12.2. The minimum absolute atomic E-state index is 0.105. The average molecular weight is 227 g/mol. The van der Waals surface area contributed by atoms with Gasteiger partial charge in [-0.1, -0.05) is 0 Å². The van der Waals surface area contributed by atoms with Crippen molar-refractivity contribution in [2.24, 2.45) is 5.73 Å². The second kappa shape index (κ2) is 5.64. The van der Waals surface area contributed by atoms with Gasteiger partial charge < -0.3 is 16.0 Å². The van der Waals surface area contributed by atoms with Gasteiger partial charge >= 0.3 is 0 Å². The Kier molecular flexibility index (Phi) is 4.74. The van der Waals surface area contributed by atoms with Crippen molar-refractivity contribution in [1.82, 2.24) is 10.2 Å². The maximum Gasteiger partial charge on any atom is 0.222 e. The molecule has 1 amide bonds. The predicted molar refractivity (Wildman–Crippen MR) is 66.2 cm³/mol. The van der Waals surface area contributed by atoms with Crippen LogP contribution in [0.25, 0.3) is 0 Å². The molecule has 4 nitrogen and oxygen atoms in total. The Morgan fingerprint density at radius 1 is 1.50 bits per heavy atom. The van der Waals surface area contributed by atoms with Gasteiger partial charge in [-0.25, -0.2) is 0 Å². The van der Waals surface area contributed by atoms with Crippen molar-refractivity contribution in [3.8, 4) is 0 Å². The fraction of sp³-hybridized carbons (Fsp3) is 0.917. The van der Waals surface area contributed by atoms with Crippen molar-refractivity contribution >= 4 is 5.91 Å². The molecule has 0 aliphatic heterocycles. The summed E-state index contributed by atoms with van der Waals surface area (Å²) in [5.41, 5.74) is 5.83. The summed E-state index contributed by atoms with van der Waals surface area (Å²) >= 11 is 0. The van der Waals surface area contributed by atoms with E-state index in [9.17, 15) is 4.79 Å². The molecule has 1 unspecified atom stereocenters. The van der Waals surface area contributed by atoms with E-state index < -0.39 is 0 Å². The first-order valence-corrected chi connectivity index (χ1v) is 6.14. The molecule has 1 aliphatic rings. The van der Waals surface area contributed by atoms with E-state index in [0.717, 1.165) is 25.8 Å². The Balaban J connectivity index is 2.17. The maximum absolute atomic E-state index is 11.7. The lowest BCUT2D eigenvalue weighted by Gasteiger charge is -2.37. The summed E-state index contributed by atoms with van der Waals surface area (Å²) in [6.07, 6.45) is 4.62. The molecule has 1 saturated carbocycles. The van der Waals surface area contributed by atoms with Crippen LogP contribution in [0.3, 0.4) is 0 Å². The summed E-state index contributed by atoms with van der Waals surface area (Å²) in [6, 6.07) is 0.235. The Labute approximate surface area is 98.6 Å². The molecule has 0 heterocycles. The molecule has 3 N–H and O–H groups in total. The Bertz CT molecular complexity index is 236. The number of carbonyl (C=O) groups excluding carboxylic acids is 1. The van der Waals surface area contributed by atoms with Crippen LogP contribution in [0.15, 0.2) is 0 Å². The molecule has 1 atom stereocenters. The van der Waals surface area contributed by atoms with Gasteiger partial charge in [-0.3, -0.25) is 4.79 Å². The smallest absolute Gasteiger partial charge is 0.222 e. The molecule has 1 aliphatic carbocycles. The fourth-order valence-electron chi connectivity index (χ4n) is 1.98. The molecule has 1 fully saturated rings. The number of carbonyl (C=O) groups is 1. The molecule has 0 spiro atoms. The number of nitrogens with two attached hydrogens (primary N) is 1. The van der Waals surface area contributed by atoms with E-state index in [1.807, 2.05) is 21.0 Å². The van der Waals surface area contributed by atoms with E-state index in [-0.39, 0.29) is 17.5 Å². The van der Waals surface area contributed by atoms with Crippen LogP contribution < -0.4 is 11.1 Å². The lowest BCUT2D eigenvalue weighted by atomic mass is 9.75. The number of nitrogens with zero attached hydrogens (tertiary/aromatic N) is 1. The normalized spacial score (nSPS) is 20.3. The highest BCUT2D eigenvalue weighted by Crippen LogP contribution is 2.31. The first kappa shape index (κ1) is 13.5. The molecule has 1 rings (SSSR count). The number of hydrogen-bond donors (Lipinski definition) is 2. The van der Waals surface area contributed by atoms with Crippen molar-refractivity contribution < 1.29 is 4.79 Å². The zero-order valence-electron chi connectivity index (χ0n) is 10.8. The van der Waals surface area contributed by atoms with Crippen molar-refractivity contribution in [2.75, 3.05) is 20.6 Å². The molecular formula is C12H25N3O. The SMILES string of the molecule is CC(CCN(C)C)NC(=O)CC1(N)CCC1. The number of amides is 1. The highest BCUT2D eigenvalue weighted by atomic mass is 16.1. The maximum atomic E-state index is 11.7. The molecule has 0 saturated heterocycles. The molecule has 4 heteroatoms. The number of hydrogen-bond acceptors (Lipinski definition) is 3. The van der Waals surface area contributed by atoms with E-state index in [1.54, 1.807) is 0 Å². The van der Waals surface area contributed by atoms with Crippen LogP contribution in [-0.4, -0.2) is 43.0 Å². The van der Waals surface area contributed by atoms with Crippen LogP contribution in [0, 0.1) is 0 Å². The van der Waals surface area contributed by atoms with Gasteiger partial charge in [0.1, 0.15) is 0 Å². The van der Waals surface area contributed by atoms with E-state index in [0.29, 0.717) is 6.42 Å². The molecule has 0 aromatic rings. The Morgan fingerprint density at radius 2 is 2.12 bits per heavy atom. The van der Waals surface area contributed by atoms with Crippen molar-refractivity contribution in [3.05, 3.63) is 0 Å². The molecular weight excluding hydrogens is 202 g/mol. The van der Waals surface area contributed by atoms with E-state index in [1.165, 1.54) is 6.42 Å². The van der Waals surface area contributed by atoms with Gasteiger partial charge in [0.05, 0.1) is 0 Å². The Morgan fingerprint density at radius 3 is 2.56 bits per heavy atom. The van der Waals surface area contributed by atoms with E-state index in [4.69, 9.17) is 5.73 Å². The van der Waals surface area contributed by atoms with Crippen LogP contribution >= 0.6 is 0 Å². The molecule has 0 radical (unpaired) electrons. The van der Waals surface area contributed by atoms with Gasteiger partial charge in [-0.2, -0.15) is 0 Å². The standard InChI is InChI=1S/C12H25N3O/c1-10(5-8-15(2)3)14-11(16)9-12(13)6-4-7-12/h10H,4-9,13H2,1-3H3,(H,14,16). The molecule has 0 aromatic carbocycles. The highest BCUT2D eigenvalue weighted by molar-refractivity contribution is 5.77. The number of rotatable bonds is 6. The molecule has 0 aromatic heterocycles. The molecule has 0 bridgehead atoms. The van der Waals surface area contributed by atoms with Gasteiger partial charge in [0.15, 0.2) is 0 Å². The average Bonchev–Trinajstić information content (AvgIpc) is 2.12. The largest absolute Gasteiger partial charge is 0.354 e. The zero-order valence-corrected chi connectivity index (χ0v) is 10.8. The van der Waals surface area contributed by atoms with Crippen LogP contribution in [-0.2, 0) is 4.79 Å². The summed E-state index contributed by atoms with van der Waals surface area (Å²) in [4.78, 5) is 13.8. The van der Waals surface area contributed by atoms with Crippen LogP contribution in [0.2, 0.25) is 0 Å². The van der Waals surface area contributed by atoms with Gasteiger partial charge in [-0.15, -0.1) is 0 Å². The second-order valence-corrected chi connectivity index (χ2v) is 5.45.